The zero-order valence-corrected chi connectivity index (χ0v) is 24.9. The SMILES string of the molecule is CCCCC1C(=O)N2CCCC2C2(O)OC(NC(=O)C3C=C4c5cccc6[nH]cc(c56)CC4N(C)C3)(C(C)C)C(=O)N12. The van der Waals surface area contributed by atoms with Gasteiger partial charge in [-0.3, -0.25) is 28.9 Å². The third-order valence-corrected chi connectivity index (χ3v) is 10.3. The fourth-order valence-corrected chi connectivity index (χ4v) is 8.10. The predicted octanol–water partition coefficient (Wildman–Crippen LogP) is 2.57. The number of aliphatic hydroxyl groups is 1. The lowest BCUT2D eigenvalue weighted by atomic mass is 9.79. The number of benzene rings is 1. The Balaban J connectivity index is 1.24. The molecule has 3 amide bonds. The number of H-pyrrole nitrogens is 1. The Morgan fingerprint density at radius 1 is 1.29 bits per heavy atom. The zero-order valence-electron chi connectivity index (χ0n) is 24.9. The first kappa shape index (κ1) is 27.6. The summed E-state index contributed by atoms with van der Waals surface area (Å²) in [7, 11) is 2.03. The summed E-state index contributed by atoms with van der Waals surface area (Å²) in [6, 6.07) is 4.88. The van der Waals surface area contributed by atoms with Crippen molar-refractivity contribution in [1.29, 1.82) is 0 Å². The maximum atomic E-state index is 14.4. The standard InChI is InChI=1S/C32H41N5O5/c1-5-6-11-24-29(39)36-13-8-12-26(36)32(41)37(24)30(40)31(42-32,18(2)3)34-28(38)20-14-22-21-9-7-10-23-27(21)19(16-33-23)15-25(22)35(4)17-20/h7,9-10,14,16,18,20,24-26,33,41H,5-6,8,11-13,15,17H2,1-4H3,(H,34,38). The summed E-state index contributed by atoms with van der Waals surface area (Å²) in [5.41, 5.74) is 2.81. The maximum Gasteiger partial charge on any atom is 0.281 e. The van der Waals surface area contributed by atoms with Gasteiger partial charge in [0.1, 0.15) is 12.1 Å². The fraction of sp³-hybridized carbons (Fsp3) is 0.594. The van der Waals surface area contributed by atoms with Gasteiger partial charge in [-0.25, -0.2) is 0 Å². The van der Waals surface area contributed by atoms with E-state index in [1.54, 1.807) is 4.90 Å². The van der Waals surface area contributed by atoms with Gasteiger partial charge in [0.25, 0.3) is 11.8 Å². The molecule has 10 nitrogen and oxygen atoms in total. The van der Waals surface area contributed by atoms with Crippen LogP contribution >= 0.6 is 0 Å². The molecule has 224 valence electrons. The summed E-state index contributed by atoms with van der Waals surface area (Å²) < 4.78 is 6.43. The van der Waals surface area contributed by atoms with Crippen LogP contribution in [0.15, 0.2) is 30.5 Å². The van der Waals surface area contributed by atoms with Crippen molar-refractivity contribution in [2.45, 2.75) is 89.1 Å². The van der Waals surface area contributed by atoms with E-state index in [0.717, 1.165) is 42.3 Å². The molecule has 4 aliphatic heterocycles. The van der Waals surface area contributed by atoms with Gasteiger partial charge in [0.2, 0.25) is 17.5 Å². The Morgan fingerprint density at radius 2 is 2.10 bits per heavy atom. The minimum Gasteiger partial charge on any atom is -0.361 e. The number of piperazine rings is 1. The molecule has 1 aromatic carbocycles. The Hall–Kier alpha value is -3.21. The first-order valence-electron chi connectivity index (χ1n) is 15.5. The van der Waals surface area contributed by atoms with Crippen LogP contribution in [0.5, 0.6) is 0 Å². The van der Waals surface area contributed by atoms with E-state index in [1.807, 2.05) is 40.0 Å². The van der Waals surface area contributed by atoms with Crippen molar-refractivity contribution < 1.29 is 24.2 Å². The number of ether oxygens (including phenoxy) is 1. The van der Waals surface area contributed by atoms with Crippen molar-refractivity contribution in [3.05, 3.63) is 41.6 Å². The minimum atomic E-state index is -1.99. The molecule has 3 N–H and O–H groups in total. The van der Waals surface area contributed by atoms with Gasteiger partial charge >= 0.3 is 0 Å². The highest BCUT2D eigenvalue weighted by Crippen LogP contribution is 2.48. The number of fused-ring (bicyclic) bond motifs is 5. The molecule has 0 bridgehead atoms. The summed E-state index contributed by atoms with van der Waals surface area (Å²) in [4.78, 5) is 50.6. The number of rotatable bonds is 6. The maximum absolute atomic E-state index is 14.4. The lowest BCUT2D eigenvalue weighted by molar-refractivity contribution is -0.322. The molecular formula is C32H41N5O5. The molecule has 6 atom stereocenters. The molecule has 2 aromatic rings. The molecule has 1 aromatic heterocycles. The minimum absolute atomic E-state index is 0.140. The van der Waals surface area contributed by atoms with Gasteiger partial charge in [-0.1, -0.05) is 51.8 Å². The van der Waals surface area contributed by atoms with Gasteiger partial charge in [0, 0.05) is 42.1 Å². The van der Waals surface area contributed by atoms with Crippen LogP contribution in [0.4, 0.5) is 0 Å². The van der Waals surface area contributed by atoms with Gasteiger partial charge in [0.05, 0.1) is 5.92 Å². The van der Waals surface area contributed by atoms with Crippen LogP contribution in [0.3, 0.4) is 0 Å². The molecule has 10 heteroatoms. The second-order valence-electron chi connectivity index (χ2n) is 13.1. The van der Waals surface area contributed by atoms with Crippen LogP contribution in [-0.4, -0.2) is 92.4 Å². The van der Waals surface area contributed by atoms with E-state index in [0.29, 0.717) is 25.9 Å². The van der Waals surface area contributed by atoms with E-state index in [9.17, 15) is 19.5 Å². The number of aromatic nitrogens is 1. The molecule has 5 aliphatic rings. The predicted molar refractivity (Wildman–Crippen MR) is 157 cm³/mol. The van der Waals surface area contributed by atoms with E-state index >= 15 is 0 Å². The summed E-state index contributed by atoms with van der Waals surface area (Å²) in [6.07, 6.45) is 8.26. The summed E-state index contributed by atoms with van der Waals surface area (Å²) in [5, 5.41) is 16.3. The average molecular weight is 576 g/mol. The second kappa shape index (κ2) is 9.65. The topological polar surface area (TPSA) is 118 Å². The van der Waals surface area contributed by atoms with Crippen molar-refractivity contribution >= 4 is 34.2 Å². The molecule has 5 heterocycles. The van der Waals surface area contributed by atoms with Crippen molar-refractivity contribution in [2.24, 2.45) is 11.8 Å². The van der Waals surface area contributed by atoms with Gasteiger partial charge in [-0.2, -0.15) is 0 Å². The number of hydrogen-bond donors (Lipinski definition) is 3. The lowest BCUT2D eigenvalue weighted by Gasteiger charge is -2.48. The number of nitrogens with one attached hydrogen (secondary N) is 2. The van der Waals surface area contributed by atoms with E-state index in [2.05, 4.69) is 33.5 Å². The largest absolute Gasteiger partial charge is 0.361 e. The third-order valence-electron chi connectivity index (χ3n) is 10.3. The van der Waals surface area contributed by atoms with Crippen molar-refractivity contribution in [3.63, 3.8) is 0 Å². The van der Waals surface area contributed by atoms with Gasteiger partial charge < -0.3 is 20.3 Å². The molecule has 3 saturated heterocycles. The molecule has 3 fully saturated rings. The molecule has 7 rings (SSSR count). The van der Waals surface area contributed by atoms with E-state index in [4.69, 9.17) is 4.74 Å². The van der Waals surface area contributed by atoms with Crippen LogP contribution in [0, 0.1) is 11.8 Å². The monoisotopic (exact) mass is 575 g/mol. The van der Waals surface area contributed by atoms with Crippen LogP contribution in [-0.2, 0) is 25.5 Å². The normalized spacial score (nSPS) is 34.1. The van der Waals surface area contributed by atoms with Crippen LogP contribution in [0.1, 0.15) is 64.0 Å². The summed E-state index contributed by atoms with van der Waals surface area (Å²) in [5.74, 6) is -4.02. The number of nitrogens with zero attached hydrogens (tertiary/aromatic N) is 3. The first-order chi connectivity index (χ1) is 20.1. The van der Waals surface area contributed by atoms with Crippen LogP contribution in [0.2, 0.25) is 0 Å². The average Bonchev–Trinajstić information content (AvgIpc) is 3.68. The molecule has 1 aliphatic carbocycles. The Morgan fingerprint density at radius 3 is 2.86 bits per heavy atom. The number of amides is 3. The quantitative estimate of drug-likeness (QED) is 0.488. The zero-order chi connectivity index (χ0) is 29.6. The van der Waals surface area contributed by atoms with E-state index < -0.39 is 41.5 Å². The lowest BCUT2D eigenvalue weighted by Crippen LogP contribution is -2.71. The highest BCUT2D eigenvalue weighted by molar-refractivity contribution is 6.01. The molecular weight excluding hydrogens is 534 g/mol. The van der Waals surface area contributed by atoms with Gasteiger partial charge in [-0.15, -0.1) is 0 Å². The number of aromatic amines is 1. The Bertz CT molecular complexity index is 1500. The van der Waals surface area contributed by atoms with Crippen LogP contribution in [0.25, 0.3) is 16.5 Å². The third kappa shape index (κ3) is 3.70. The van der Waals surface area contributed by atoms with Crippen LogP contribution < -0.4 is 5.32 Å². The summed E-state index contributed by atoms with van der Waals surface area (Å²) >= 11 is 0. The van der Waals surface area contributed by atoms with Crippen molar-refractivity contribution in [1.82, 2.24) is 25.0 Å². The number of unbranched alkanes of at least 4 members (excludes halogenated alkanes) is 1. The summed E-state index contributed by atoms with van der Waals surface area (Å²) in [6.45, 7) is 6.67. The Labute approximate surface area is 246 Å². The molecule has 6 unspecified atom stereocenters. The van der Waals surface area contributed by atoms with E-state index in [-0.39, 0.29) is 17.9 Å². The van der Waals surface area contributed by atoms with Crippen molar-refractivity contribution in [2.75, 3.05) is 20.1 Å². The van der Waals surface area contributed by atoms with Gasteiger partial charge in [0.15, 0.2) is 0 Å². The molecule has 0 saturated carbocycles. The number of hydrogen-bond acceptors (Lipinski definition) is 6. The number of carbonyl (C=O) groups is 3. The fourth-order valence-electron chi connectivity index (χ4n) is 8.10. The highest BCUT2D eigenvalue weighted by atomic mass is 16.7. The van der Waals surface area contributed by atoms with E-state index in [1.165, 1.54) is 15.8 Å². The second-order valence-corrected chi connectivity index (χ2v) is 13.1. The number of likely N-dealkylation sites (N-methyl/N-ethyl adjacent to an activating group) is 1. The molecule has 42 heavy (non-hydrogen) atoms. The highest BCUT2D eigenvalue weighted by Gasteiger charge is 2.71. The first-order valence-corrected chi connectivity index (χ1v) is 15.5. The molecule has 0 radical (unpaired) electrons. The number of carbonyl (C=O) groups excluding carboxylic acids is 3. The van der Waals surface area contributed by atoms with Gasteiger partial charge in [-0.05, 0) is 55.5 Å². The van der Waals surface area contributed by atoms with Crippen molar-refractivity contribution in [3.8, 4) is 0 Å². The Kier molecular flexibility index (Phi) is 6.35. The molecule has 0 spiro atoms. The smallest absolute Gasteiger partial charge is 0.281 e.